The number of hydrogen-bond donors (Lipinski definition) is 0. The summed E-state index contributed by atoms with van der Waals surface area (Å²) in [6, 6.07) is 0. The highest BCUT2D eigenvalue weighted by Crippen LogP contribution is 2.23. The fourth-order valence-corrected chi connectivity index (χ4v) is 3.66. The molecule has 1 atom stereocenters. The predicted molar refractivity (Wildman–Crippen MR) is 95.3 cm³/mol. The van der Waals surface area contributed by atoms with Crippen molar-refractivity contribution >= 4 is 17.6 Å². The second-order valence-electron chi connectivity index (χ2n) is 6.89. The number of piperidine rings is 1. The van der Waals surface area contributed by atoms with Crippen LogP contribution in [-0.4, -0.2) is 70.9 Å². The van der Waals surface area contributed by atoms with Crippen LogP contribution in [0.4, 0.5) is 5.82 Å². The number of aryl methyl sites for hydroxylation is 1. The number of hydrogen-bond acceptors (Lipinski definition) is 5. The molecule has 0 radical (unpaired) electrons. The quantitative estimate of drug-likeness (QED) is 0.817. The van der Waals surface area contributed by atoms with E-state index in [0.717, 1.165) is 30.2 Å². The van der Waals surface area contributed by atoms with Gasteiger partial charge in [-0.15, -0.1) is 0 Å². The highest BCUT2D eigenvalue weighted by Gasteiger charge is 2.33. The minimum Gasteiger partial charge on any atom is -0.353 e. The number of carbonyl (C=O) groups is 2. The first-order valence-corrected chi connectivity index (χ1v) is 9.11. The molecule has 1 aromatic heterocycles. The first-order valence-electron chi connectivity index (χ1n) is 9.11. The Labute approximate surface area is 149 Å². The van der Waals surface area contributed by atoms with Crippen molar-refractivity contribution < 1.29 is 9.59 Å². The van der Waals surface area contributed by atoms with Crippen LogP contribution in [0.5, 0.6) is 0 Å². The maximum Gasteiger partial charge on any atom is 0.227 e. The summed E-state index contributed by atoms with van der Waals surface area (Å²) in [6.45, 7) is 10.2. The van der Waals surface area contributed by atoms with E-state index < -0.39 is 0 Å². The molecular weight excluding hydrogens is 318 g/mol. The lowest BCUT2D eigenvalue weighted by Gasteiger charge is -2.39. The van der Waals surface area contributed by atoms with Gasteiger partial charge in [-0.1, -0.05) is 0 Å². The van der Waals surface area contributed by atoms with Crippen molar-refractivity contribution in [3.8, 4) is 0 Å². The van der Waals surface area contributed by atoms with Crippen molar-refractivity contribution in [3.63, 3.8) is 0 Å². The third-order valence-electron chi connectivity index (χ3n) is 5.43. The van der Waals surface area contributed by atoms with E-state index in [1.165, 1.54) is 0 Å². The van der Waals surface area contributed by atoms with Gasteiger partial charge in [0, 0.05) is 56.9 Å². The van der Waals surface area contributed by atoms with Crippen molar-refractivity contribution in [2.24, 2.45) is 5.92 Å². The van der Waals surface area contributed by atoms with Gasteiger partial charge in [-0.3, -0.25) is 9.59 Å². The molecule has 0 aliphatic carbocycles. The molecular formula is C18H27N5O2. The lowest BCUT2D eigenvalue weighted by atomic mass is 9.95. The molecule has 0 aromatic carbocycles. The summed E-state index contributed by atoms with van der Waals surface area (Å²) in [5.41, 5.74) is 2.10. The molecule has 25 heavy (non-hydrogen) atoms. The molecule has 0 unspecified atom stereocenters. The molecule has 136 valence electrons. The molecule has 0 saturated carbocycles. The number of piperazine rings is 1. The SMILES string of the molecule is CCN1C[C@H](C(=O)N2CCN(c3ncnc(C)c3C)CC2)CCC1=O. The fraction of sp³-hybridized carbons (Fsp3) is 0.667. The number of anilines is 1. The minimum atomic E-state index is -0.0489. The molecule has 7 heteroatoms. The van der Waals surface area contributed by atoms with Gasteiger partial charge in [0.15, 0.2) is 0 Å². The molecule has 2 fully saturated rings. The standard InChI is InChI=1S/C18H27N5O2/c1-4-21-11-15(5-6-16(21)24)18(25)23-9-7-22(8-10-23)17-13(2)14(3)19-12-20-17/h12,15H,4-11H2,1-3H3/t15-/m1/s1. The molecule has 7 nitrogen and oxygen atoms in total. The van der Waals surface area contributed by atoms with Crippen LogP contribution < -0.4 is 4.90 Å². The number of rotatable bonds is 3. The number of aromatic nitrogens is 2. The third kappa shape index (κ3) is 3.60. The summed E-state index contributed by atoms with van der Waals surface area (Å²) in [5, 5.41) is 0. The number of nitrogens with zero attached hydrogens (tertiary/aromatic N) is 5. The molecule has 3 rings (SSSR count). The van der Waals surface area contributed by atoms with Gasteiger partial charge in [-0.2, -0.15) is 0 Å². The Kier molecular flexibility index (Phi) is 5.20. The van der Waals surface area contributed by atoms with Crippen LogP contribution in [0, 0.1) is 19.8 Å². The average molecular weight is 345 g/mol. The van der Waals surface area contributed by atoms with Gasteiger partial charge in [0.2, 0.25) is 11.8 Å². The highest BCUT2D eigenvalue weighted by molar-refractivity contribution is 5.84. The van der Waals surface area contributed by atoms with Crippen LogP contribution >= 0.6 is 0 Å². The maximum absolute atomic E-state index is 12.8. The number of carbonyl (C=O) groups excluding carboxylic acids is 2. The van der Waals surface area contributed by atoms with Gasteiger partial charge in [-0.25, -0.2) is 9.97 Å². The van der Waals surface area contributed by atoms with E-state index in [9.17, 15) is 9.59 Å². The molecule has 2 aliphatic heterocycles. The van der Waals surface area contributed by atoms with Gasteiger partial charge in [0.25, 0.3) is 0 Å². The minimum absolute atomic E-state index is 0.0489. The highest BCUT2D eigenvalue weighted by atomic mass is 16.2. The summed E-state index contributed by atoms with van der Waals surface area (Å²) in [5.74, 6) is 1.29. The second kappa shape index (κ2) is 7.37. The van der Waals surface area contributed by atoms with Crippen molar-refractivity contribution in [1.29, 1.82) is 0 Å². The predicted octanol–water partition coefficient (Wildman–Crippen LogP) is 1.00. The summed E-state index contributed by atoms with van der Waals surface area (Å²) in [7, 11) is 0. The summed E-state index contributed by atoms with van der Waals surface area (Å²) in [4.78, 5) is 39.3. The monoisotopic (exact) mass is 345 g/mol. The summed E-state index contributed by atoms with van der Waals surface area (Å²) >= 11 is 0. The Morgan fingerprint density at radius 2 is 1.92 bits per heavy atom. The Bertz CT molecular complexity index is 655. The lowest BCUT2D eigenvalue weighted by molar-refractivity contribution is -0.143. The number of likely N-dealkylation sites (tertiary alicyclic amines) is 1. The Morgan fingerprint density at radius 3 is 2.60 bits per heavy atom. The Hall–Kier alpha value is -2.18. The Balaban J connectivity index is 1.59. The summed E-state index contributed by atoms with van der Waals surface area (Å²) in [6.07, 6.45) is 2.77. The zero-order chi connectivity index (χ0) is 18.0. The maximum atomic E-state index is 12.8. The van der Waals surface area contributed by atoms with Gasteiger partial charge in [0.1, 0.15) is 12.1 Å². The van der Waals surface area contributed by atoms with Crippen molar-refractivity contribution in [1.82, 2.24) is 19.8 Å². The van der Waals surface area contributed by atoms with Crippen LogP contribution in [0.25, 0.3) is 0 Å². The van der Waals surface area contributed by atoms with E-state index in [0.29, 0.717) is 39.0 Å². The molecule has 0 bridgehead atoms. The van der Waals surface area contributed by atoms with E-state index in [4.69, 9.17) is 0 Å². The fourth-order valence-electron chi connectivity index (χ4n) is 3.66. The third-order valence-corrected chi connectivity index (χ3v) is 5.43. The van der Waals surface area contributed by atoms with Gasteiger partial charge in [0.05, 0.1) is 5.92 Å². The van der Waals surface area contributed by atoms with E-state index in [1.807, 2.05) is 25.7 Å². The van der Waals surface area contributed by atoms with Gasteiger partial charge >= 0.3 is 0 Å². The van der Waals surface area contributed by atoms with Crippen LogP contribution in [0.3, 0.4) is 0 Å². The van der Waals surface area contributed by atoms with Gasteiger partial charge < -0.3 is 14.7 Å². The first-order chi connectivity index (χ1) is 12.0. The van der Waals surface area contributed by atoms with Gasteiger partial charge in [-0.05, 0) is 27.2 Å². The first kappa shape index (κ1) is 17.6. The molecule has 1 aromatic rings. The van der Waals surface area contributed by atoms with Crippen LogP contribution in [0.1, 0.15) is 31.0 Å². The molecule has 3 heterocycles. The normalized spacial score (nSPS) is 21.6. The van der Waals surface area contributed by atoms with E-state index in [2.05, 4.69) is 14.9 Å². The zero-order valence-electron chi connectivity index (χ0n) is 15.4. The van der Waals surface area contributed by atoms with Crippen LogP contribution in [0.15, 0.2) is 6.33 Å². The smallest absolute Gasteiger partial charge is 0.227 e. The van der Waals surface area contributed by atoms with Crippen LogP contribution in [0.2, 0.25) is 0 Å². The largest absolute Gasteiger partial charge is 0.353 e. The van der Waals surface area contributed by atoms with Crippen molar-refractivity contribution in [2.75, 3.05) is 44.2 Å². The molecule has 0 N–H and O–H groups in total. The number of amides is 2. The second-order valence-corrected chi connectivity index (χ2v) is 6.89. The summed E-state index contributed by atoms with van der Waals surface area (Å²) < 4.78 is 0. The average Bonchev–Trinajstić information content (AvgIpc) is 2.64. The van der Waals surface area contributed by atoms with E-state index >= 15 is 0 Å². The Morgan fingerprint density at radius 1 is 1.20 bits per heavy atom. The molecule has 2 saturated heterocycles. The van der Waals surface area contributed by atoms with Crippen LogP contribution in [-0.2, 0) is 9.59 Å². The zero-order valence-corrected chi connectivity index (χ0v) is 15.4. The lowest BCUT2D eigenvalue weighted by Crippen LogP contribution is -2.53. The van der Waals surface area contributed by atoms with E-state index in [-0.39, 0.29) is 17.7 Å². The molecule has 2 amide bonds. The molecule has 2 aliphatic rings. The molecule has 0 spiro atoms. The van der Waals surface area contributed by atoms with E-state index in [1.54, 1.807) is 11.2 Å². The van der Waals surface area contributed by atoms with Crippen molar-refractivity contribution in [3.05, 3.63) is 17.6 Å². The topological polar surface area (TPSA) is 69.6 Å². The van der Waals surface area contributed by atoms with Crippen molar-refractivity contribution in [2.45, 2.75) is 33.6 Å².